The summed E-state index contributed by atoms with van der Waals surface area (Å²) in [5.74, 6) is 0.0106. The van der Waals surface area contributed by atoms with Gasteiger partial charge < -0.3 is 16.0 Å². The van der Waals surface area contributed by atoms with Crippen LogP contribution in [0.4, 0.5) is 4.79 Å². The van der Waals surface area contributed by atoms with Crippen LogP contribution in [-0.2, 0) is 14.8 Å². The number of hydrogen-bond acceptors (Lipinski definition) is 4. The summed E-state index contributed by atoms with van der Waals surface area (Å²) < 4.78 is 26.7. The Morgan fingerprint density at radius 1 is 1.08 bits per heavy atom. The summed E-state index contributed by atoms with van der Waals surface area (Å²) in [6, 6.07) is 6.21. The van der Waals surface area contributed by atoms with Crippen LogP contribution in [0.3, 0.4) is 0 Å². The molecule has 1 heterocycles. The normalized spacial score (nSPS) is 15.7. The topological polar surface area (TPSA) is 113 Å². The van der Waals surface area contributed by atoms with Crippen molar-refractivity contribution in [1.82, 2.24) is 14.5 Å². The van der Waals surface area contributed by atoms with Gasteiger partial charge in [0.1, 0.15) is 0 Å². The van der Waals surface area contributed by atoms with E-state index in [1.54, 1.807) is 29.2 Å². The van der Waals surface area contributed by atoms with Crippen LogP contribution in [0.15, 0.2) is 29.2 Å². The van der Waals surface area contributed by atoms with Gasteiger partial charge in [0.25, 0.3) is 0 Å². The molecule has 1 fully saturated rings. The minimum absolute atomic E-state index is 0.0106. The Balaban J connectivity index is 1.80. The Morgan fingerprint density at radius 2 is 1.69 bits per heavy atom. The number of hydrogen-bond donors (Lipinski definition) is 2. The fourth-order valence-corrected chi connectivity index (χ4v) is 4.23. The molecule has 0 unspecified atom stereocenters. The lowest BCUT2D eigenvalue weighted by atomic mass is 10.2. The summed E-state index contributed by atoms with van der Waals surface area (Å²) in [4.78, 5) is 24.7. The second-order valence-electron chi connectivity index (χ2n) is 6.35. The molecule has 2 rings (SSSR count). The fraction of sp³-hybridized carbons (Fsp3) is 0.529. The molecule has 26 heavy (non-hydrogen) atoms. The maximum atomic E-state index is 12.7. The third-order valence-electron chi connectivity index (χ3n) is 4.37. The molecule has 0 atom stereocenters. The molecular weight excluding hydrogens is 356 g/mol. The van der Waals surface area contributed by atoms with Gasteiger partial charge in [0, 0.05) is 39.1 Å². The number of piperazine rings is 1. The van der Waals surface area contributed by atoms with Gasteiger partial charge in [0.15, 0.2) is 0 Å². The first-order valence-electron chi connectivity index (χ1n) is 8.68. The molecule has 144 valence electrons. The van der Waals surface area contributed by atoms with Gasteiger partial charge >= 0.3 is 6.03 Å². The van der Waals surface area contributed by atoms with E-state index < -0.39 is 16.1 Å². The van der Waals surface area contributed by atoms with E-state index in [9.17, 15) is 18.0 Å². The van der Waals surface area contributed by atoms with Gasteiger partial charge in [0.05, 0.1) is 4.90 Å². The van der Waals surface area contributed by atoms with Crippen molar-refractivity contribution in [2.24, 2.45) is 5.73 Å². The monoisotopic (exact) mass is 382 g/mol. The average molecular weight is 382 g/mol. The second-order valence-corrected chi connectivity index (χ2v) is 8.28. The zero-order valence-electron chi connectivity index (χ0n) is 15.0. The van der Waals surface area contributed by atoms with E-state index in [-0.39, 0.29) is 10.8 Å². The molecule has 1 aliphatic heterocycles. The Bertz CT molecular complexity index is 726. The first-order chi connectivity index (χ1) is 12.3. The largest absolute Gasteiger partial charge is 0.352 e. The Morgan fingerprint density at radius 3 is 2.27 bits per heavy atom. The summed E-state index contributed by atoms with van der Waals surface area (Å²) >= 11 is 0. The van der Waals surface area contributed by atoms with Crippen LogP contribution in [0.1, 0.15) is 24.8 Å². The van der Waals surface area contributed by atoms with Crippen LogP contribution in [0, 0.1) is 6.92 Å². The van der Waals surface area contributed by atoms with E-state index in [1.165, 1.54) is 4.31 Å². The van der Waals surface area contributed by atoms with E-state index in [1.807, 2.05) is 6.92 Å². The van der Waals surface area contributed by atoms with Crippen molar-refractivity contribution in [3.05, 3.63) is 29.8 Å². The quantitative estimate of drug-likeness (QED) is 0.675. The molecule has 0 aromatic heterocycles. The Kier molecular flexibility index (Phi) is 6.98. The number of amides is 3. The highest BCUT2D eigenvalue weighted by Crippen LogP contribution is 2.18. The summed E-state index contributed by atoms with van der Waals surface area (Å²) in [5, 5.41) is 2.48. The number of nitrogens with one attached hydrogen (secondary N) is 1. The molecule has 1 saturated heterocycles. The van der Waals surface area contributed by atoms with E-state index in [0.717, 1.165) is 5.56 Å². The zero-order valence-corrected chi connectivity index (χ0v) is 15.8. The Labute approximate surface area is 154 Å². The van der Waals surface area contributed by atoms with Gasteiger partial charge in [-0.2, -0.15) is 4.31 Å². The highest BCUT2D eigenvalue weighted by molar-refractivity contribution is 7.89. The number of urea groups is 1. The van der Waals surface area contributed by atoms with Crippen LogP contribution in [0.5, 0.6) is 0 Å². The van der Waals surface area contributed by atoms with E-state index >= 15 is 0 Å². The number of aryl methyl sites for hydroxylation is 1. The number of rotatable bonds is 7. The molecule has 1 aliphatic rings. The lowest BCUT2D eigenvalue weighted by molar-refractivity contribution is -0.132. The van der Waals surface area contributed by atoms with Crippen molar-refractivity contribution in [3.8, 4) is 0 Å². The van der Waals surface area contributed by atoms with Crippen molar-refractivity contribution in [3.63, 3.8) is 0 Å². The fourth-order valence-electron chi connectivity index (χ4n) is 2.81. The van der Waals surface area contributed by atoms with Crippen molar-refractivity contribution >= 4 is 22.0 Å². The number of carbonyl (C=O) groups excluding carboxylic acids is 2. The molecule has 0 saturated carbocycles. The van der Waals surface area contributed by atoms with Gasteiger partial charge in [-0.05, 0) is 31.9 Å². The molecule has 8 nitrogen and oxygen atoms in total. The smallest absolute Gasteiger partial charge is 0.312 e. The third-order valence-corrected chi connectivity index (χ3v) is 6.28. The van der Waals surface area contributed by atoms with Crippen LogP contribution < -0.4 is 11.1 Å². The Hall–Kier alpha value is -2.13. The number of nitrogens with zero attached hydrogens (tertiary/aromatic N) is 2. The predicted octanol–water partition coefficient (Wildman–Crippen LogP) is 0.667. The standard InChI is InChI=1S/C17H26N4O4S/c1-14-5-7-15(8-6-14)26(24,25)21-12-10-20(11-13-21)16(22)4-2-3-9-19-17(18)23/h5-8H,2-4,9-13H2,1H3,(H3,18,19,23). The molecule has 1 aromatic carbocycles. The molecule has 3 N–H and O–H groups in total. The van der Waals surface area contributed by atoms with Crippen molar-refractivity contribution in [2.45, 2.75) is 31.1 Å². The first-order valence-corrected chi connectivity index (χ1v) is 10.1. The number of carbonyl (C=O) groups is 2. The molecule has 0 spiro atoms. The lowest BCUT2D eigenvalue weighted by Gasteiger charge is -2.34. The van der Waals surface area contributed by atoms with Gasteiger partial charge in [-0.25, -0.2) is 13.2 Å². The summed E-state index contributed by atoms with van der Waals surface area (Å²) in [7, 11) is -3.52. The molecule has 1 aromatic rings. The highest BCUT2D eigenvalue weighted by Gasteiger charge is 2.29. The van der Waals surface area contributed by atoms with E-state index in [0.29, 0.717) is 52.0 Å². The minimum atomic E-state index is -3.52. The van der Waals surface area contributed by atoms with Gasteiger partial charge in [0.2, 0.25) is 15.9 Å². The molecule has 0 aliphatic carbocycles. The van der Waals surface area contributed by atoms with E-state index in [4.69, 9.17) is 5.73 Å². The van der Waals surface area contributed by atoms with Crippen molar-refractivity contribution in [2.75, 3.05) is 32.7 Å². The number of primary amides is 1. The lowest BCUT2D eigenvalue weighted by Crippen LogP contribution is -2.50. The highest BCUT2D eigenvalue weighted by atomic mass is 32.2. The molecule has 9 heteroatoms. The first kappa shape index (κ1) is 20.2. The number of unbranched alkanes of at least 4 members (excludes halogenated alkanes) is 1. The molecule has 0 bridgehead atoms. The summed E-state index contributed by atoms with van der Waals surface area (Å²) in [6.07, 6.45) is 1.71. The van der Waals surface area contributed by atoms with Crippen LogP contribution in [0.2, 0.25) is 0 Å². The van der Waals surface area contributed by atoms with Crippen molar-refractivity contribution in [1.29, 1.82) is 0 Å². The minimum Gasteiger partial charge on any atom is -0.352 e. The van der Waals surface area contributed by atoms with Gasteiger partial charge in [-0.1, -0.05) is 17.7 Å². The predicted molar refractivity (Wildman–Crippen MR) is 98.0 cm³/mol. The van der Waals surface area contributed by atoms with E-state index in [2.05, 4.69) is 5.32 Å². The SMILES string of the molecule is Cc1ccc(S(=O)(=O)N2CCN(C(=O)CCCCNC(N)=O)CC2)cc1. The summed E-state index contributed by atoms with van der Waals surface area (Å²) in [6.45, 7) is 3.74. The number of sulfonamides is 1. The van der Waals surface area contributed by atoms with Crippen LogP contribution >= 0.6 is 0 Å². The second kappa shape index (κ2) is 9.00. The maximum Gasteiger partial charge on any atom is 0.312 e. The zero-order chi connectivity index (χ0) is 19.2. The average Bonchev–Trinajstić information content (AvgIpc) is 2.61. The third kappa shape index (κ3) is 5.43. The molecule has 0 radical (unpaired) electrons. The maximum absolute atomic E-state index is 12.7. The van der Waals surface area contributed by atoms with Crippen LogP contribution in [0.25, 0.3) is 0 Å². The van der Waals surface area contributed by atoms with Crippen molar-refractivity contribution < 1.29 is 18.0 Å². The van der Waals surface area contributed by atoms with Gasteiger partial charge in [-0.3, -0.25) is 4.79 Å². The molecule has 3 amide bonds. The van der Waals surface area contributed by atoms with Gasteiger partial charge in [-0.15, -0.1) is 0 Å². The summed E-state index contributed by atoms with van der Waals surface area (Å²) in [5.41, 5.74) is 5.97. The number of nitrogens with two attached hydrogens (primary N) is 1. The van der Waals surface area contributed by atoms with Crippen LogP contribution in [-0.4, -0.2) is 62.3 Å². The molecular formula is C17H26N4O4S. The number of benzene rings is 1.